The molecule has 2 aromatic heterocycles. The number of rotatable bonds is 4. The lowest BCUT2D eigenvalue weighted by Crippen LogP contribution is -2.28. The Bertz CT molecular complexity index is 862. The van der Waals surface area contributed by atoms with Gasteiger partial charge in [-0.3, -0.25) is 20.0 Å². The number of hydrogen-bond acceptors (Lipinski definition) is 5. The molecule has 3 N–H and O–H groups in total. The molecule has 3 rings (SSSR count). The molecule has 0 unspecified atom stereocenters. The number of amides is 2. The van der Waals surface area contributed by atoms with Crippen LogP contribution in [-0.4, -0.2) is 27.0 Å². The minimum atomic E-state index is -0.796. The van der Waals surface area contributed by atoms with Gasteiger partial charge >= 0.3 is 11.8 Å². The molecule has 0 aliphatic rings. The van der Waals surface area contributed by atoms with Crippen molar-refractivity contribution in [3.8, 4) is 0 Å². The lowest BCUT2D eigenvalue weighted by atomic mass is 10.1. The highest BCUT2D eigenvalue weighted by molar-refractivity contribution is 7.15. The fourth-order valence-electron chi connectivity index (χ4n) is 1.94. The third kappa shape index (κ3) is 3.98. The monoisotopic (exact) mass is 361 g/mol. The van der Waals surface area contributed by atoms with E-state index in [9.17, 15) is 9.59 Å². The van der Waals surface area contributed by atoms with Crippen LogP contribution < -0.4 is 10.6 Å². The van der Waals surface area contributed by atoms with Crippen molar-refractivity contribution >= 4 is 45.6 Å². The molecule has 2 heterocycles. The fourth-order valence-corrected chi connectivity index (χ4v) is 2.97. The highest BCUT2D eigenvalue weighted by Gasteiger charge is 2.16. The SMILES string of the molecule is O=C(Nc1cn[nH]c1)C(=O)Nc1ncc(Cc2ccccc2Cl)s1. The highest BCUT2D eigenvalue weighted by atomic mass is 35.5. The summed E-state index contributed by atoms with van der Waals surface area (Å²) in [5.74, 6) is -1.59. The predicted octanol–water partition coefficient (Wildman–Crippen LogP) is 2.69. The maximum Gasteiger partial charge on any atom is 0.315 e. The molecule has 0 radical (unpaired) electrons. The van der Waals surface area contributed by atoms with Crippen molar-refractivity contribution in [3.05, 3.63) is 58.3 Å². The van der Waals surface area contributed by atoms with Gasteiger partial charge in [0.2, 0.25) is 0 Å². The van der Waals surface area contributed by atoms with Gasteiger partial charge in [-0.15, -0.1) is 11.3 Å². The van der Waals surface area contributed by atoms with Gasteiger partial charge in [-0.1, -0.05) is 29.8 Å². The normalized spacial score (nSPS) is 10.4. The molecule has 0 spiro atoms. The third-order valence-electron chi connectivity index (χ3n) is 3.06. The van der Waals surface area contributed by atoms with Crippen LogP contribution >= 0.6 is 22.9 Å². The summed E-state index contributed by atoms with van der Waals surface area (Å²) in [6.07, 6.45) is 5.12. The molecule has 0 saturated carbocycles. The molecule has 0 aliphatic heterocycles. The van der Waals surface area contributed by atoms with Gasteiger partial charge in [0.05, 0.1) is 11.9 Å². The Labute approximate surface area is 146 Å². The lowest BCUT2D eigenvalue weighted by Gasteiger charge is -2.02. The van der Waals surface area contributed by atoms with Crippen molar-refractivity contribution < 1.29 is 9.59 Å². The van der Waals surface area contributed by atoms with Gasteiger partial charge in [0.25, 0.3) is 0 Å². The molecule has 0 fully saturated rings. The first-order valence-corrected chi connectivity index (χ1v) is 8.10. The summed E-state index contributed by atoms with van der Waals surface area (Å²) < 4.78 is 0. The van der Waals surface area contributed by atoms with Crippen molar-refractivity contribution in [2.24, 2.45) is 0 Å². The van der Waals surface area contributed by atoms with Crippen LogP contribution in [0.2, 0.25) is 5.02 Å². The van der Waals surface area contributed by atoms with Crippen molar-refractivity contribution in [1.82, 2.24) is 15.2 Å². The second kappa shape index (κ2) is 7.24. The Balaban J connectivity index is 1.60. The number of thiazole rings is 1. The molecule has 1 aromatic carbocycles. The average Bonchev–Trinajstić information content (AvgIpc) is 3.22. The van der Waals surface area contributed by atoms with Crippen molar-refractivity contribution in [2.75, 3.05) is 10.6 Å². The molecule has 122 valence electrons. The Kier molecular flexibility index (Phi) is 4.88. The maximum atomic E-state index is 11.9. The Morgan fingerprint density at radius 2 is 1.96 bits per heavy atom. The molecule has 0 bridgehead atoms. The quantitative estimate of drug-likeness (QED) is 0.622. The molecule has 0 aliphatic carbocycles. The number of H-pyrrole nitrogens is 1. The zero-order valence-electron chi connectivity index (χ0n) is 12.2. The summed E-state index contributed by atoms with van der Waals surface area (Å²) in [4.78, 5) is 28.6. The van der Waals surface area contributed by atoms with E-state index < -0.39 is 11.8 Å². The van der Waals surface area contributed by atoms with Gasteiger partial charge in [0, 0.05) is 28.7 Å². The Morgan fingerprint density at radius 3 is 2.71 bits per heavy atom. The Hall–Kier alpha value is -2.71. The third-order valence-corrected chi connectivity index (χ3v) is 4.34. The second-order valence-corrected chi connectivity index (χ2v) is 6.32. The molecular formula is C15H12ClN5O2S. The van der Waals surface area contributed by atoms with Crippen LogP contribution in [0.1, 0.15) is 10.4 Å². The van der Waals surface area contributed by atoms with Crippen LogP contribution in [0.25, 0.3) is 0 Å². The number of carbonyl (C=O) groups excluding carboxylic acids is 2. The fraction of sp³-hybridized carbons (Fsp3) is 0.0667. The first kappa shape index (κ1) is 16.2. The summed E-state index contributed by atoms with van der Waals surface area (Å²) in [7, 11) is 0. The van der Waals surface area contributed by atoms with E-state index in [1.807, 2.05) is 24.3 Å². The number of benzene rings is 1. The number of aromatic nitrogens is 3. The number of halogens is 1. The first-order chi connectivity index (χ1) is 11.6. The predicted molar refractivity (Wildman–Crippen MR) is 92.2 cm³/mol. The summed E-state index contributed by atoms with van der Waals surface area (Å²) >= 11 is 7.42. The summed E-state index contributed by atoms with van der Waals surface area (Å²) in [5, 5.41) is 12.1. The van der Waals surface area contributed by atoms with E-state index in [1.165, 1.54) is 23.7 Å². The van der Waals surface area contributed by atoms with Crippen LogP contribution in [0.4, 0.5) is 10.8 Å². The molecule has 9 heteroatoms. The number of carbonyl (C=O) groups is 2. The summed E-state index contributed by atoms with van der Waals surface area (Å²) in [5.41, 5.74) is 1.38. The average molecular weight is 362 g/mol. The lowest BCUT2D eigenvalue weighted by molar-refractivity contribution is -0.132. The second-order valence-electron chi connectivity index (χ2n) is 4.80. The Morgan fingerprint density at radius 1 is 1.17 bits per heavy atom. The molecule has 0 saturated heterocycles. The minimum Gasteiger partial charge on any atom is -0.315 e. The van der Waals surface area contributed by atoms with Crippen LogP contribution in [0, 0.1) is 0 Å². The molecule has 0 atom stereocenters. The van der Waals surface area contributed by atoms with E-state index in [2.05, 4.69) is 25.8 Å². The molecule has 3 aromatic rings. The largest absolute Gasteiger partial charge is 0.315 e. The first-order valence-electron chi connectivity index (χ1n) is 6.91. The molecular weight excluding hydrogens is 350 g/mol. The topological polar surface area (TPSA) is 99.8 Å². The van der Waals surface area contributed by atoms with Crippen molar-refractivity contribution in [2.45, 2.75) is 6.42 Å². The minimum absolute atomic E-state index is 0.351. The number of anilines is 2. The van der Waals surface area contributed by atoms with E-state index >= 15 is 0 Å². The van der Waals surface area contributed by atoms with Crippen LogP contribution in [0.15, 0.2) is 42.9 Å². The maximum absolute atomic E-state index is 11.9. The van der Waals surface area contributed by atoms with Gasteiger partial charge < -0.3 is 5.32 Å². The van der Waals surface area contributed by atoms with Gasteiger partial charge in [-0.2, -0.15) is 5.10 Å². The van der Waals surface area contributed by atoms with E-state index in [1.54, 1.807) is 6.20 Å². The van der Waals surface area contributed by atoms with Crippen molar-refractivity contribution in [3.63, 3.8) is 0 Å². The van der Waals surface area contributed by atoms with E-state index in [-0.39, 0.29) is 0 Å². The van der Waals surface area contributed by atoms with Gasteiger partial charge in [0.1, 0.15) is 0 Å². The summed E-state index contributed by atoms with van der Waals surface area (Å²) in [6.45, 7) is 0. The molecule has 7 nitrogen and oxygen atoms in total. The summed E-state index contributed by atoms with van der Waals surface area (Å²) in [6, 6.07) is 7.52. The van der Waals surface area contributed by atoms with Gasteiger partial charge in [-0.25, -0.2) is 4.98 Å². The molecule has 2 amide bonds. The number of hydrogen-bond donors (Lipinski definition) is 3. The highest BCUT2D eigenvalue weighted by Crippen LogP contribution is 2.24. The number of aromatic amines is 1. The standard InChI is InChI=1S/C15H12ClN5O2S/c16-12-4-2-1-3-9(12)5-11-8-17-15(24-11)21-14(23)13(22)20-10-6-18-19-7-10/h1-4,6-8H,5H2,(H,18,19)(H,20,22)(H,17,21,23). The van der Waals surface area contributed by atoms with E-state index in [0.29, 0.717) is 22.3 Å². The number of nitrogens with zero attached hydrogens (tertiary/aromatic N) is 2. The van der Waals surface area contributed by atoms with Crippen LogP contribution in [0.5, 0.6) is 0 Å². The van der Waals surface area contributed by atoms with E-state index in [4.69, 9.17) is 11.6 Å². The van der Waals surface area contributed by atoms with Crippen molar-refractivity contribution in [1.29, 1.82) is 0 Å². The number of nitrogens with one attached hydrogen (secondary N) is 3. The van der Waals surface area contributed by atoms with Gasteiger partial charge in [0.15, 0.2) is 5.13 Å². The smallest absolute Gasteiger partial charge is 0.315 e. The zero-order chi connectivity index (χ0) is 16.9. The van der Waals surface area contributed by atoms with Crippen LogP contribution in [-0.2, 0) is 16.0 Å². The van der Waals surface area contributed by atoms with E-state index in [0.717, 1.165) is 10.4 Å². The van der Waals surface area contributed by atoms with Gasteiger partial charge in [-0.05, 0) is 11.6 Å². The van der Waals surface area contributed by atoms with Crippen LogP contribution in [0.3, 0.4) is 0 Å². The molecule has 24 heavy (non-hydrogen) atoms. The zero-order valence-corrected chi connectivity index (χ0v) is 13.8.